The number of aromatic nitrogens is 4. The van der Waals surface area contributed by atoms with Crippen LogP contribution in [0.4, 0.5) is 5.82 Å². The molecule has 13 nitrogen and oxygen atoms in total. The Kier molecular flexibility index (Phi) is 6.53. The third kappa shape index (κ3) is 4.40. The second-order valence-corrected chi connectivity index (χ2v) is 12.8. The zero-order valence-electron chi connectivity index (χ0n) is 22.2. The number of nitrogens with two attached hydrogens (primary N) is 3. The molecule has 3 aromatic heterocycles. The summed E-state index contributed by atoms with van der Waals surface area (Å²) in [7, 11) is -3.75. The number of rotatable bonds is 5. The third-order valence-electron chi connectivity index (χ3n) is 8.34. The van der Waals surface area contributed by atoms with Crippen LogP contribution in [0.5, 0.6) is 0 Å². The number of fused-ring (bicyclic) bond motifs is 3. The summed E-state index contributed by atoms with van der Waals surface area (Å²) in [4.78, 5) is 28.1. The second kappa shape index (κ2) is 9.93. The molecular formula is C26H33N10O3S+. The second-order valence-electron chi connectivity index (χ2n) is 10.8. The molecule has 2 unspecified atom stereocenters. The molecule has 2 bridgehead atoms. The first-order valence-electron chi connectivity index (χ1n) is 13.4. The lowest BCUT2D eigenvalue weighted by Crippen LogP contribution is -2.51. The maximum absolute atomic E-state index is 13.0. The van der Waals surface area contributed by atoms with Gasteiger partial charge in [-0.05, 0) is 56.1 Å². The highest BCUT2D eigenvalue weighted by molar-refractivity contribution is 7.91. The van der Waals surface area contributed by atoms with E-state index in [-0.39, 0.29) is 46.5 Å². The van der Waals surface area contributed by atoms with E-state index in [1.807, 2.05) is 12.1 Å². The Balaban J connectivity index is 1.40. The van der Waals surface area contributed by atoms with Crippen molar-refractivity contribution < 1.29 is 18.6 Å². The Morgan fingerprint density at radius 3 is 2.55 bits per heavy atom. The molecule has 14 heteroatoms. The number of nitrogens with one attached hydrogen (secondary N) is 1. The summed E-state index contributed by atoms with van der Waals surface area (Å²) in [5, 5.41) is 13.2. The van der Waals surface area contributed by atoms with E-state index in [0.29, 0.717) is 29.7 Å². The summed E-state index contributed by atoms with van der Waals surface area (Å²) in [5.74, 6) is -0.727. The number of nitrogen functional groups attached to an aromatic ring is 1. The van der Waals surface area contributed by atoms with Crippen LogP contribution >= 0.6 is 0 Å². The zero-order valence-corrected chi connectivity index (χ0v) is 23.0. The fraction of sp³-hybridized carbons (Fsp3) is 0.462. The third-order valence-corrected chi connectivity index (χ3v) is 9.50. The lowest BCUT2D eigenvalue weighted by atomic mass is 9.87. The van der Waals surface area contributed by atoms with Gasteiger partial charge in [-0.25, -0.2) is 13.4 Å². The van der Waals surface area contributed by atoms with Gasteiger partial charge in [0.25, 0.3) is 6.34 Å². The van der Waals surface area contributed by atoms with Gasteiger partial charge in [0.2, 0.25) is 0 Å². The van der Waals surface area contributed by atoms with Crippen LogP contribution in [-0.4, -0.2) is 75.9 Å². The van der Waals surface area contributed by atoms with Crippen LogP contribution in [0.25, 0.3) is 16.8 Å². The number of hydrogen-bond acceptors (Lipinski definition) is 8. The summed E-state index contributed by atoms with van der Waals surface area (Å²) in [5.41, 5.74) is 15.7. The molecule has 0 aliphatic carbocycles. The van der Waals surface area contributed by atoms with Crippen molar-refractivity contribution in [1.82, 2.24) is 29.8 Å². The van der Waals surface area contributed by atoms with Gasteiger partial charge < -0.3 is 21.7 Å². The number of carbonyl (C=O) groups excluding carboxylic acids is 1. The molecule has 7 N–H and O–H groups in total. The molecule has 1 amide bonds. The minimum Gasteiger partial charge on any atom is -0.382 e. The van der Waals surface area contributed by atoms with E-state index < -0.39 is 9.84 Å². The van der Waals surface area contributed by atoms with Gasteiger partial charge >= 0.3 is 11.7 Å². The van der Waals surface area contributed by atoms with E-state index in [1.54, 1.807) is 17.3 Å². The SMILES string of the molecule is CS(=O)(=O)c1c(C2C[C@H]3CC[C@@H](C2)N3C(=O)C(N)=NC=[NH2+])nc2c(-c3ccc(C4CCCN4)nc3)cnn2c1N. The van der Waals surface area contributed by atoms with Crippen LogP contribution in [-0.2, 0) is 14.6 Å². The summed E-state index contributed by atoms with van der Waals surface area (Å²) in [6.07, 6.45) is 10.4. The van der Waals surface area contributed by atoms with E-state index in [9.17, 15) is 13.2 Å². The first kappa shape index (κ1) is 26.3. The summed E-state index contributed by atoms with van der Waals surface area (Å²) in [6, 6.07) is 3.98. The molecule has 0 saturated carbocycles. The maximum atomic E-state index is 13.0. The van der Waals surface area contributed by atoms with Gasteiger partial charge in [0.05, 0.1) is 17.6 Å². The molecule has 4 atom stereocenters. The zero-order chi connectivity index (χ0) is 28.2. The molecule has 6 heterocycles. The average molecular weight is 566 g/mol. The first-order valence-corrected chi connectivity index (χ1v) is 15.3. The quantitative estimate of drug-likeness (QED) is 0.234. The van der Waals surface area contributed by atoms with E-state index >= 15 is 0 Å². The molecule has 0 spiro atoms. The number of carbonyl (C=O) groups is 1. The molecule has 3 aliphatic heterocycles. The number of amidine groups is 1. The van der Waals surface area contributed by atoms with E-state index in [1.165, 1.54) is 4.52 Å². The number of sulfone groups is 1. The van der Waals surface area contributed by atoms with Crippen LogP contribution < -0.4 is 22.2 Å². The topological polar surface area (TPSA) is 200 Å². The summed E-state index contributed by atoms with van der Waals surface area (Å²) >= 11 is 0. The minimum absolute atomic E-state index is 0.0154. The van der Waals surface area contributed by atoms with Gasteiger partial charge in [0.15, 0.2) is 15.5 Å². The standard InChI is InChI=1S/C26H32N10O3S/c1-40(38,39)22-21(15-9-16-5-6-17(10-15)35(16)26(37)23(28)32-13-27)34-25-18(12-33-36(25)24(22)29)14-4-7-20(31-11-14)19-3-2-8-30-19/h4,7,11-13,15-17,19,30H,2-3,5-6,8-10,29H2,1H3,(H3,27,28,32)/p+1/t15?,16-,17+,19?. The van der Waals surface area contributed by atoms with E-state index in [2.05, 4.69) is 20.4 Å². The molecule has 40 heavy (non-hydrogen) atoms. The predicted octanol–water partition coefficient (Wildman–Crippen LogP) is -0.417. The summed E-state index contributed by atoms with van der Waals surface area (Å²) in [6.45, 7) is 0.985. The fourth-order valence-corrected chi connectivity index (χ4v) is 7.64. The molecule has 3 aliphatic rings. The smallest absolute Gasteiger partial charge is 0.316 e. The van der Waals surface area contributed by atoms with Crippen molar-refractivity contribution in [1.29, 1.82) is 0 Å². The lowest BCUT2D eigenvalue weighted by Gasteiger charge is -2.38. The highest BCUT2D eigenvalue weighted by atomic mass is 32.2. The number of amides is 1. The van der Waals surface area contributed by atoms with Crippen molar-refractivity contribution in [3.8, 4) is 11.1 Å². The highest BCUT2D eigenvalue weighted by Crippen LogP contribution is 2.45. The van der Waals surface area contributed by atoms with Gasteiger partial charge in [-0.2, -0.15) is 9.61 Å². The first-order chi connectivity index (χ1) is 19.2. The number of anilines is 1. The normalized spacial score (nSPS) is 25.0. The van der Waals surface area contributed by atoms with Gasteiger partial charge in [0, 0.05) is 47.6 Å². The number of piperidine rings is 1. The molecule has 3 aromatic rings. The summed E-state index contributed by atoms with van der Waals surface area (Å²) < 4.78 is 27.4. The number of pyridine rings is 1. The number of aliphatic imine (C=N–C) groups is 1. The Bertz CT molecular complexity index is 1610. The Morgan fingerprint density at radius 2 is 1.95 bits per heavy atom. The van der Waals surface area contributed by atoms with Gasteiger partial charge in [-0.3, -0.25) is 15.2 Å². The monoisotopic (exact) mass is 565 g/mol. The molecule has 0 aromatic carbocycles. The fourth-order valence-electron chi connectivity index (χ4n) is 6.59. The Labute approximate surface area is 231 Å². The number of hydrogen-bond donors (Lipinski definition) is 4. The molecule has 210 valence electrons. The average Bonchev–Trinajstić information content (AvgIpc) is 3.66. The van der Waals surface area contributed by atoms with Crippen LogP contribution in [0.1, 0.15) is 61.9 Å². The van der Waals surface area contributed by atoms with E-state index in [0.717, 1.165) is 56.1 Å². The van der Waals surface area contributed by atoms with Crippen molar-refractivity contribution in [3.63, 3.8) is 0 Å². The molecule has 6 rings (SSSR count). The van der Waals surface area contributed by atoms with Crippen molar-refractivity contribution in [2.75, 3.05) is 18.5 Å². The van der Waals surface area contributed by atoms with Crippen molar-refractivity contribution in [2.45, 2.75) is 67.5 Å². The minimum atomic E-state index is -3.75. The molecule has 0 radical (unpaired) electrons. The highest BCUT2D eigenvalue weighted by Gasteiger charge is 2.46. The van der Waals surface area contributed by atoms with Gasteiger partial charge in [0.1, 0.15) is 10.7 Å². The Hall–Kier alpha value is -3.91. The predicted molar refractivity (Wildman–Crippen MR) is 149 cm³/mol. The largest absolute Gasteiger partial charge is 0.382 e. The van der Waals surface area contributed by atoms with Crippen LogP contribution in [0.2, 0.25) is 0 Å². The van der Waals surface area contributed by atoms with Crippen molar-refractivity contribution in [2.24, 2.45) is 10.7 Å². The lowest BCUT2D eigenvalue weighted by molar-refractivity contribution is -0.128. The maximum Gasteiger partial charge on any atom is 0.316 e. The van der Waals surface area contributed by atoms with Crippen LogP contribution in [0.3, 0.4) is 0 Å². The van der Waals surface area contributed by atoms with Crippen LogP contribution in [0.15, 0.2) is 34.4 Å². The number of nitrogens with zero attached hydrogens (tertiary/aromatic N) is 6. The molecule has 3 fully saturated rings. The van der Waals surface area contributed by atoms with Gasteiger partial charge in [-0.15, -0.1) is 0 Å². The van der Waals surface area contributed by atoms with Gasteiger partial charge in [-0.1, -0.05) is 6.07 Å². The molecular weight excluding hydrogens is 532 g/mol. The van der Waals surface area contributed by atoms with Crippen molar-refractivity contribution >= 4 is 39.4 Å². The van der Waals surface area contributed by atoms with E-state index in [4.69, 9.17) is 21.9 Å². The molecule has 3 saturated heterocycles. The van der Waals surface area contributed by atoms with Crippen molar-refractivity contribution in [3.05, 3.63) is 35.9 Å². The Morgan fingerprint density at radius 1 is 1.20 bits per heavy atom. The van der Waals surface area contributed by atoms with Crippen LogP contribution in [0, 0.1) is 0 Å².